The monoisotopic (exact) mass is 366 g/mol. The van der Waals surface area contributed by atoms with Crippen molar-refractivity contribution in [3.8, 4) is 5.75 Å². The average molecular weight is 366 g/mol. The normalized spacial score (nSPS) is 10.4. The lowest BCUT2D eigenvalue weighted by Crippen LogP contribution is -2.09. The van der Waals surface area contributed by atoms with E-state index in [-0.39, 0.29) is 30.6 Å². The Morgan fingerprint density at radius 3 is 2.76 bits per heavy atom. The zero-order valence-electron chi connectivity index (χ0n) is 14.0. The number of aromatic nitrogens is 1. The number of nitrogens with one attached hydrogen (secondary N) is 1. The van der Waals surface area contributed by atoms with Crippen LogP contribution in [0.5, 0.6) is 5.75 Å². The van der Waals surface area contributed by atoms with E-state index in [9.17, 15) is 14.0 Å². The van der Waals surface area contributed by atoms with Crippen molar-refractivity contribution in [2.75, 3.05) is 18.5 Å². The van der Waals surface area contributed by atoms with Crippen molar-refractivity contribution in [2.24, 2.45) is 0 Å². The molecule has 1 aromatic heterocycles. The minimum Gasteiger partial charge on any atom is -0.491 e. The van der Waals surface area contributed by atoms with E-state index in [2.05, 4.69) is 10.3 Å². The number of aryl methyl sites for hydroxylation is 1. The highest BCUT2D eigenvalue weighted by atomic mass is 32.1. The second-order valence-corrected chi connectivity index (χ2v) is 6.16. The molecule has 0 aliphatic rings. The van der Waals surface area contributed by atoms with Crippen molar-refractivity contribution in [1.82, 2.24) is 4.98 Å². The topological polar surface area (TPSA) is 77.5 Å². The number of thiazole rings is 1. The number of esters is 1. The van der Waals surface area contributed by atoms with Gasteiger partial charge in [0.05, 0.1) is 13.2 Å². The quantitative estimate of drug-likeness (QED) is 0.572. The maximum absolute atomic E-state index is 13.5. The van der Waals surface area contributed by atoms with Gasteiger partial charge in [-0.3, -0.25) is 4.79 Å². The Balaban J connectivity index is 1.99. The summed E-state index contributed by atoms with van der Waals surface area (Å²) in [7, 11) is 0. The summed E-state index contributed by atoms with van der Waals surface area (Å²) in [6.45, 7) is 3.60. The molecule has 0 saturated heterocycles. The molecule has 0 spiro atoms. The molecule has 0 aliphatic carbocycles. The van der Waals surface area contributed by atoms with Gasteiger partial charge in [-0.2, -0.15) is 0 Å². The van der Waals surface area contributed by atoms with Gasteiger partial charge in [0.25, 0.3) is 0 Å². The standard InChI is InChI=1S/C17H19FN2O4S/c1-3-23-16(22)15-14(25-17(20-15)19-11(2)21)9-6-10-24-13-8-5-4-7-12(13)18/h4-5,7-8H,3,6,9-10H2,1-2H3,(H,19,20,21). The Hall–Kier alpha value is -2.48. The van der Waals surface area contributed by atoms with E-state index in [0.717, 1.165) is 0 Å². The molecule has 1 amide bonds. The fourth-order valence-corrected chi connectivity index (χ4v) is 3.10. The highest BCUT2D eigenvalue weighted by Gasteiger charge is 2.19. The Kier molecular flexibility index (Phi) is 6.88. The molecule has 1 N–H and O–H groups in total. The lowest BCUT2D eigenvalue weighted by molar-refractivity contribution is -0.114. The van der Waals surface area contributed by atoms with E-state index in [1.165, 1.54) is 24.3 Å². The largest absolute Gasteiger partial charge is 0.491 e. The van der Waals surface area contributed by atoms with Crippen molar-refractivity contribution >= 4 is 28.3 Å². The summed E-state index contributed by atoms with van der Waals surface area (Å²) in [5.41, 5.74) is 0.196. The second-order valence-electron chi connectivity index (χ2n) is 5.07. The van der Waals surface area contributed by atoms with Crippen LogP contribution in [0.1, 0.15) is 35.6 Å². The first-order valence-electron chi connectivity index (χ1n) is 7.83. The second kappa shape index (κ2) is 9.12. The summed E-state index contributed by atoms with van der Waals surface area (Å²) in [4.78, 5) is 28.0. The molecule has 0 unspecified atom stereocenters. The van der Waals surface area contributed by atoms with Gasteiger partial charge in [-0.05, 0) is 31.9 Å². The lowest BCUT2D eigenvalue weighted by Gasteiger charge is -2.06. The van der Waals surface area contributed by atoms with Gasteiger partial charge in [0, 0.05) is 11.8 Å². The molecule has 0 saturated carbocycles. The number of anilines is 1. The highest BCUT2D eigenvalue weighted by Crippen LogP contribution is 2.25. The van der Waals surface area contributed by atoms with Gasteiger partial charge in [-0.15, -0.1) is 11.3 Å². The Morgan fingerprint density at radius 2 is 2.08 bits per heavy atom. The van der Waals surface area contributed by atoms with Crippen LogP contribution in [0.3, 0.4) is 0 Å². The summed E-state index contributed by atoms with van der Waals surface area (Å²) in [6, 6.07) is 6.17. The number of amides is 1. The molecule has 2 rings (SSSR count). The molecular formula is C17H19FN2O4S. The molecule has 8 heteroatoms. The third kappa shape index (κ3) is 5.53. The molecule has 6 nitrogen and oxygen atoms in total. The number of para-hydroxylation sites is 1. The number of rotatable bonds is 8. The van der Waals surface area contributed by atoms with E-state index in [0.29, 0.717) is 22.9 Å². The van der Waals surface area contributed by atoms with Crippen LogP contribution >= 0.6 is 11.3 Å². The Labute approximate surface area is 149 Å². The Bertz CT molecular complexity index is 748. The fraction of sp³-hybridized carbons (Fsp3) is 0.353. The van der Waals surface area contributed by atoms with Crippen LogP contribution in [0.2, 0.25) is 0 Å². The summed E-state index contributed by atoms with van der Waals surface area (Å²) in [6.07, 6.45) is 1.06. The van der Waals surface area contributed by atoms with Gasteiger partial charge in [-0.1, -0.05) is 12.1 Å². The maximum Gasteiger partial charge on any atom is 0.358 e. The zero-order chi connectivity index (χ0) is 18.2. The number of halogens is 1. The highest BCUT2D eigenvalue weighted by molar-refractivity contribution is 7.16. The number of nitrogens with zero attached hydrogens (tertiary/aromatic N) is 1. The zero-order valence-corrected chi connectivity index (χ0v) is 14.8. The molecule has 0 aliphatic heterocycles. The molecule has 25 heavy (non-hydrogen) atoms. The first-order valence-corrected chi connectivity index (χ1v) is 8.64. The van der Waals surface area contributed by atoms with Crippen LogP contribution in [0, 0.1) is 5.82 Å². The van der Waals surface area contributed by atoms with Crippen molar-refractivity contribution in [3.63, 3.8) is 0 Å². The first kappa shape index (κ1) is 18.9. The first-order chi connectivity index (χ1) is 12.0. The van der Waals surface area contributed by atoms with E-state index in [4.69, 9.17) is 9.47 Å². The Morgan fingerprint density at radius 1 is 1.32 bits per heavy atom. The summed E-state index contributed by atoms with van der Waals surface area (Å²) >= 11 is 1.22. The molecule has 0 atom stereocenters. The number of hydrogen-bond donors (Lipinski definition) is 1. The van der Waals surface area contributed by atoms with Crippen molar-refractivity contribution in [3.05, 3.63) is 40.7 Å². The molecule has 0 radical (unpaired) electrons. The van der Waals surface area contributed by atoms with Gasteiger partial charge in [0.15, 0.2) is 22.4 Å². The minimum atomic E-state index is -0.527. The number of hydrogen-bond acceptors (Lipinski definition) is 6. The third-order valence-corrected chi connectivity index (χ3v) is 4.12. The molecule has 0 bridgehead atoms. The van der Waals surface area contributed by atoms with Crippen LogP contribution in [0.4, 0.5) is 9.52 Å². The van der Waals surface area contributed by atoms with Crippen LogP contribution in [0.15, 0.2) is 24.3 Å². The van der Waals surface area contributed by atoms with Gasteiger partial charge >= 0.3 is 5.97 Å². The maximum atomic E-state index is 13.5. The van der Waals surface area contributed by atoms with Gasteiger partial charge < -0.3 is 14.8 Å². The van der Waals surface area contributed by atoms with Crippen LogP contribution in [-0.4, -0.2) is 30.1 Å². The van der Waals surface area contributed by atoms with Crippen molar-refractivity contribution in [1.29, 1.82) is 0 Å². The van der Waals surface area contributed by atoms with Crippen LogP contribution in [0.25, 0.3) is 0 Å². The van der Waals surface area contributed by atoms with E-state index in [1.54, 1.807) is 25.1 Å². The predicted octanol–water partition coefficient (Wildman–Crippen LogP) is 3.43. The number of carbonyl (C=O) groups excluding carboxylic acids is 2. The molecular weight excluding hydrogens is 347 g/mol. The molecule has 1 aromatic carbocycles. The van der Waals surface area contributed by atoms with E-state index in [1.807, 2.05) is 0 Å². The van der Waals surface area contributed by atoms with Gasteiger partial charge in [0.1, 0.15) is 0 Å². The summed E-state index contributed by atoms with van der Waals surface area (Å²) in [5.74, 6) is -1.02. The number of ether oxygens (including phenoxy) is 2. The summed E-state index contributed by atoms with van der Waals surface area (Å²) in [5, 5.41) is 2.91. The fourth-order valence-electron chi connectivity index (χ4n) is 2.06. The molecule has 2 aromatic rings. The molecule has 1 heterocycles. The minimum absolute atomic E-state index is 0.191. The van der Waals surface area contributed by atoms with Crippen LogP contribution < -0.4 is 10.1 Å². The lowest BCUT2D eigenvalue weighted by atomic mass is 10.2. The number of benzene rings is 1. The predicted molar refractivity (Wildman–Crippen MR) is 92.6 cm³/mol. The smallest absolute Gasteiger partial charge is 0.358 e. The van der Waals surface area contributed by atoms with Gasteiger partial charge in [-0.25, -0.2) is 14.2 Å². The summed E-state index contributed by atoms with van der Waals surface area (Å²) < 4.78 is 23.9. The third-order valence-electron chi connectivity index (χ3n) is 3.09. The molecule has 134 valence electrons. The number of carbonyl (C=O) groups is 2. The van der Waals surface area contributed by atoms with Crippen LogP contribution in [-0.2, 0) is 16.0 Å². The molecule has 0 fully saturated rings. The SMILES string of the molecule is CCOC(=O)c1nc(NC(C)=O)sc1CCCOc1ccccc1F. The van der Waals surface area contributed by atoms with Crippen molar-refractivity contribution < 1.29 is 23.5 Å². The average Bonchev–Trinajstić information content (AvgIpc) is 2.95. The van der Waals surface area contributed by atoms with Gasteiger partial charge in [0.2, 0.25) is 5.91 Å². The van der Waals surface area contributed by atoms with Crippen molar-refractivity contribution in [2.45, 2.75) is 26.7 Å². The van der Waals surface area contributed by atoms with E-state index >= 15 is 0 Å². The van der Waals surface area contributed by atoms with E-state index < -0.39 is 11.8 Å².